The molecule has 0 radical (unpaired) electrons. The number of nitrogens with one attached hydrogen (secondary N) is 1. The zero-order valence-electron chi connectivity index (χ0n) is 15.7. The molecule has 1 saturated carbocycles. The number of nitrogens with zero attached hydrogens (tertiary/aromatic N) is 3. The lowest BCUT2D eigenvalue weighted by molar-refractivity contribution is 0.126. The molecule has 0 atom stereocenters. The second kappa shape index (κ2) is 7.75. The molecule has 3 aromatic rings. The van der Waals surface area contributed by atoms with Gasteiger partial charge in [-0.05, 0) is 43.9 Å². The summed E-state index contributed by atoms with van der Waals surface area (Å²) >= 11 is 0. The maximum absolute atomic E-state index is 13.9. The van der Waals surface area contributed by atoms with Crippen molar-refractivity contribution in [2.75, 3.05) is 5.32 Å². The first-order valence-electron chi connectivity index (χ1n) is 9.35. The van der Waals surface area contributed by atoms with Crippen molar-refractivity contribution in [2.45, 2.75) is 37.8 Å². The van der Waals surface area contributed by atoms with Crippen LogP contribution in [-0.2, 0) is 7.05 Å². The van der Waals surface area contributed by atoms with Crippen LogP contribution in [0.5, 0.6) is 11.5 Å². The van der Waals surface area contributed by atoms with Crippen LogP contribution in [0.1, 0.15) is 25.7 Å². The van der Waals surface area contributed by atoms with Gasteiger partial charge in [-0.1, -0.05) is 0 Å². The fourth-order valence-electron chi connectivity index (χ4n) is 3.44. The molecule has 1 aliphatic rings. The second-order valence-electron chi connectivity index (χ2n) is 7.17. The third-order valence-corrected chi connectivity index (χ3v) is 5.06. The number of pyridine rings is 1. The molecule has 152 valence electrons. The average Bonchev–Trinajstić information content (AvgIpc) is 2.70. The average molecular weight is 402 g/mol. The van der Waals surface area contributed by atoms with Crippen molar-refractivity contribution in [3.05, 3.63) is 52.5 Å². The van der Waals surface area contributed by atoms with E-state index in [9.17, 15) is 18.7 Å². The van der Waals surface area contributed by atoms with Gasteiger partial charge in [-0.25, -0.2) is 13.8 Å². The topological polar surface area (TPSA) is 89.3 Å². The number of ether oxygens (including phenoxy) is 1. The van der Waals surface area contributed by atoms with Gasteiger partial charge in [0.25, 0.3) is 5.56 Å². The Bertz CT molecular complexity index is 1110. The van der Waals surface area contributed by atoms with Crippen molar-refractivity contribution in [1.82, 2.24) is 14.5 Å². The highest BCUT2D eigenvalue weighted by atomic mass is 19.1. The van der Waals surface area contributed by atoms with Gasteiger partial charge in [-0.3, -0.25) is 9.36 Å². The van der Waals surface area contributed by atoms with E-state index >= 15 is 0 Å². The molecule has 0 bridgehead atoms. The molecule has 1 aromatic carbocycles. The van der Waals surface area contributed by atoms with Crippen LogP contribution in [0.15, 0.2) is 35.3 Å². The molecule has 4 rings (SSSR count). The van der Waals surface area contributed by atoms with E-state index in [-0.39, 0.29) is 23.6 Å². The number of rotatable bonds is 4. The lowest BCUT2D eigenvalue weighted by Gasteiger charge is -2.26. The first-order valence-corrected chi connectivity index (χ1v) is 9.35. The van der Waals surface area contributed by atoms with Crippen LogP contribution in [-0.4, -0.2) is 31.8 Å². The highest BCUT2D eigenvalue weighted by Crippen LogP contribution is 2.25. The van der Waals surface area contributed by atoms with E-state index in [4.69, 9.17) is 4.74 Å². The first-order chi connectivity index (χ1) is 13.9. The van der Waals surface area contributed by atoms with Crippen LogP contribution in [0.2, 0.25) is 0 Å². The molecule has 2 heterocycles. The number of benzene rings is 1. The molecule has 0 saturated heterocycles. The van der Waals surface area contributed by atoms with Gasteiger partial charge in [0.1, 0.15) is 11.5 Å². The Balaban J connectivity index is 1.62. The van der Waals surface area contributed by atoms with Crippen LogP contribution in [0.4, 0.5) is 14.7 Å². The van der Waals surface area contributed by atoms with Crippen molar-refractivity contribution in [1.29, 1.82) is 0 Å². The number of aliphatic hydroxyl groups excluding tert-OH is 1. The molecule has 0 amide bonds. The SMILES string of the molecule is Cn1c(=O)c(Oc2ccc(F)cc2F)cc2cnc(NC3CCC(O)CC3)nc21. The molecule has 0 aliphatic heterocycles. The first kappa shape index (κ1) is 19.3. The molecule has 0 unspecified atom stereocenters. The molecular formula is C20H20F2N4O3. The number of aromatic nitrogens is 3. The summed E-state index contributed by atoms with van der Waals surface area (Å²) in [5.41, 5.74) is -0.109. The van der Waals surface area contributed by atoms with Gasteiger partial charge in [0.2, 0.25) is 5.95 Å². The van der Waals surface area contributed by atoms with Gasteiger partial charge in [0, 0.05) is 30.7 Å². The Labute approximate surface area is 165 Å². The van der Waals surface area contributed by atoms with Crippen LogP contribution in [0.25, 0.3) is 11.0 Å². The smallest absolute Gasteiger partial charge is 0.294 e. The van der Waals surface area contributed by atoms with Crippen LogP contribution >= 0.6 is 0 Å². The van der Waals surface area contributed by atoms with Crippen molar-refractivity contribution in [2.24, 2.45) is 7.05 Å². The molecule has 29 heavy (non-hydrogen) atoms. The monoisotopic (exact) mass is 402 g/mol. The Morgan fingerprint density at radius 2 is 1.93 bits per heavy atom. The van der Waals surface area contributed by atoms with E-state index in [1.165, 1.54) is 17.7 Å². The fraction of sp³-hybridized carbons (Fsp3) is 0.350. The standard InChI is InChI=1S/C20H20F2N4O3/c1-26-18-11(10-23-20(25-18)24-13-3-5-14(27)6-4-13)8-17(19(26)28)29-16-7-2-12(21)9-15(16)22/h2,7-10,13-14,27H,3-6H2,1H3,(H,23,24,25). The van der Waals surface area contributed by atoms with Crippen LogP contribution < -0.4 is 15.6 Å². The lowest BCUT2D eigenvalue weighted by atomic mass is 9.93. The zero-order chi connectivity index (χ0) is 20.5. The summed E-state index contributed by atoms with van der Waals surface area (Å²) in [4.78, 5) is 21.3. The number of hydrogen-bond donors (Lipinski definition) is 2. The van der Waals surface area contributed by atoms with Gasteiger partial charge < -0.3 is 15.2 Å². The Kier molecular flexibility index (Phi) is 5.14. The Morgan fingerprint density at radius 1 is 1.17 bits per heavy atom. The van der Waals surface area contributed by atoms with Gasteiger partial charge in [-0.15, -0.1) is 0 Å². The van der Waals surface area contributed by atoms with Gasteiger partial charge >= 0.3 is 0 Å². The number of anilines is 1. The number of aliphatic hydroxyl groups is 1. The predicted molar refractivity (Wildman–Crippen MR) is 103 cm³/mol. The van der Waals surface area contributed by atoms with Crippen LogP contribution in [0, 0.1) is 11.6 Å². The highest BCUT2D eigenvalue weighted by molar-refractivity contribution is 5.76. The summed E-state index contributed by atoms with van der Waals surface area (Å²) in [5, 5.41) is 13.4. The highest BCUT2D eigenvalue weighted by Gasteiger charge is 2.20. The molecule has 2 N–H and O–H groups in total. The predicted octanol–water partition coefficient (Wildman–Crippen LogP) is 3.11. The van der Waals surface area contributed by atoms with Crippen molar-refractivity contribution < 1.29 is 18.6 Å². The quantitative estimate of drug-likeness (QED) is 0.697. The molecular weight excluding hydrogens is 382 g/mol. The van der Waals surface area contributed by atoms with Crippen molar-refractivity contribution >= 4 is 17.0 Å². The normalized spacial score (nSPS) is 19.3. The van der Waals surface area contributed by atoms with Crippen molar-refractivity contribution in [3.8, 4) is 11.5 Å². The number of hydrogen-bond acceptors (Lipinski definition) is 6. The third-order valence-electron chi connectivity index (χ3n) is 5.06. The van der Waals surface area contributed by atoms with E-state index < -0.39 is 17.2 Å². The molecule has 1 aliphatic carbocycles. The minimum absolute atomic E-state index is 0.115. The van der Waals surface area contributed by atoms with Gasteiger partial charge in [0.05, 0.1) is 6.10 Å². The summed E-state index contributed by atoms with van der Waals surface area (Å²) in [6.07, 6.45) is 4.38. The summed E-state index contributed by atoms with van der Waals surface area (Å²) in [7, 11) is 1.53. The van der Waals surface area contributed by atoms with Crippen LogP contribution in [0.3, 0.4) is 0 Å². The lowest BCUT2D eigenvalue weighted by Crippen LogP contribution is -2.29. The van der Waals surface area contributed by atoms with Gasteiger partial charge in [0.15, 0.2) is 17.3 Å². The Morgan fingerprint density at radius 3 is 2.66 bits per heavy atom. The number of fused-ring (bicyclic) bond motifs is 1. The number of halogens is 2. The molecule has 9 heteroatoms. The largest absolute Gasteiger partial charge is 0.448 e. The summed E-state index contributed by atoms with van der Waals surface area (Å²) < 4.78 is 33.6. The summed E-state index contributed by atoms with van der Waals surface area (Å²) in [6.45, 7) is 0. The minimum Gasteiger partial charge on any atom is -0.448 e. The maximum atomic E-state index is 13.9. The Hall–Kier alpha value is -3.07. The molecule has 0 spiro atoms. The van der Waals surface area contributed by atoms with E-state index in [1.54, 1.807) is 6.20 Å². The number of aryl methyl sites for hydroxylation is 1. The van der Waals surface area contributed by atoms with Gasteiger partial charge in [-0.2, -0.15) is 4.98 Å². The minimum atomic E-state index is -0.902. The zero-order valence-corrected chi connectivity index (χ0v) is 15.7. The summed E-state index contributed by atoms with van der Waals surface area (Å²) in [5.74, 6) is -1.60. The third kappa shape index (κ3) is 4.04. The molecule has 1 fully saturated rings. The van der Waals surface area contributed by atoms with E-state index in [0.717, 1.165) is 37.8 Å². The van der Waals surface area contributed by atoms with E-state index in [0.29, 0.717) is 23.0 Å². The van der Waals surface area contributed by atoms with Crippen molar-refractivity contribution in [3.63, 3.8) is 0 Å². The van der Waals surface area contributed by atoms with E-state index in [2.05, 4.69) is 15.3 Å². The van der Waals surface area contributed by atoms with E-state index in [1.807, 2.05) is 0 Å². The second-order valence-corrected chi connectivity index (χ2v) is 7.17. The molecule has 7 nitrogen and oxygen atoms in total. The summed E-state index contributed by atoms with van der Waals surface area (Å²) in [6, 6.07) is 4.46. The fourth-order valence-corrected chi connectivity index (χ4v) is 3.44. The maximum Gasteiger partial charge on any atom is 0.294 e. The molecule has 2 aromatic heterocycles.